The first-order valence-electron chi connectivity index (χ1n) is 6.60. The molecule has 1 saturated heterocycles. The Labute approximate surface area is 108 Å². The Bertz CT molecular complexity index is 319. The van der Waals surface area contributed by atoms with Crippen LogP contribution in [-0.4, -0.2) is 24.6 Å². The average molecular weight is 253 g/mol. The number of rotatable bonds is 5. The molecule has 17 heavy (non-hydrogen) atoms. The summed E-state index contributed by atoms with van der Waals surface area (Å²) in [4.78, 5) is 4.47. The first-order valence-corrected chi connectivity index (χ1v) is 7.48. The Kier molecular flexibility index (Phi) is 4.54. The first-order chi connectivity index (χ1) is 8.24. The highest BCUT2D eigenvalue weighted by Crippen LogP contribution is 2.26. The monoisotopic (exact) mass is 253 g/mol. The summed E-state index contributed by atoms with van der Waals surface area (Å²) in [6.07, 6.45) is 5.58. The summed E-state index contributed by atoms with van der Waals surface area (Å²) in [6, 6.07) is 0. The zero-order valence-corrected chi connectivity index (χ0v) is 11.6. The van der Waals surface area contributed by atoms with Gasteiger partial charge in [0.15, 0.2) is 0 Å². The molecule has 0 aliphatic carbocycles. The molecule has 0 amide bonds. The summed E-state index contributed by atoms with van der Waals surface area (Å²) in [5.74, 6) is 0.821. The molecule has 1 aromatic heterocycles. The average Bonchev–Trinajstić information content (AvgIpc) is 2.92. The summed E-state index contributed by atoms with van der Waals surface area (Å²) in [5.41, 5.74) is 0.0546. The van der Waals surface area contributed by atoms with E-state index in [1.165, 1.54) is 30.9 Å². The molecule has 1 aromatic rings. The molecule has 1 aliphatic rings. The Balaban J connectivity index is 1.90. The SMILES string of the molecule is CCC(C)(NCC1CCNCC1)c1nccs1. The Morgan fingerprint density at radius 3 is 2.88 bits per heavy atom. The number of aromatic nitrogens is 1. The van der Waals surface area contributed by atoms with E-state index in [-0.39, 0.29) is 5.54 Å². The Morgan fingerprint density at radius 1 is 1.53 bits per heavy atom. The van der Waals surface area contributed by atoms with E-state index < -0.39 is 0 Å². The lowest BCUT2D eigenvalue weighted by molar-refractivity contribution is 0.284. The van der Waals surface area contributed by atoms with E-state index in [1.807, 2.05) is 6.20 Å². The van der Waals surface area contributed by atoms with Crippen molar-refractivity contribution in [3.8, 4) is 0 Å². The highest BCUT2D eigenvalue weighted by atomic mass is 32.1. The van der Waals surface area contributed by atoms with Gasteiger partial charge in [0.1, 0.15) is 5.01 Å². The minimum atomic E-state index is 0.0546. The van der Waals surface area contributed by atoms with Crippen molar-refractivity contribution in [1.29, 1.82) is 0 Å². The molecule has 0 radical (unpaired) electrons. The van der Waals surface area contributed by atoms with Gasteiger partial charge in [-0.2, -0.15) is 0 Å². The van der Waals surface area contributed by atoms with Gasteiger partial charge < -0.3 is 10.6 Å². The van der Waals surface area contributed by atoms with E-state index >= 15 is 0 Å². The predicted octanol–water partition coefficient (Wildman–Crippen LogP) is 2.36. The summed E-state index contributed by atoms with van der Waals surface area (Å²) in [6.45, 7) is 7.97. The van der Waals surface area contributed by atoms with E-state index in [0.29, 0.717) is 0 Å². The molecule has 2 heterocycles. The molecule has 2 rings (SSSR count). The van der Waals surface area contributed by atoms with Crippen molar-refractivity contribution in [2.24, 2.45) is 5.92 Å². The molecule has 1 aliphatic heterocycles. The van der Waals surface area contributed by atoms with Gasteiger partial charge in [-0.15, -0.1) is 11.3 Å². The maximum absolute atomic E-state index is 4.47. The summed E-state index contributed by atoms with van der Waals surface area (Å²) in [7, 11) is 0. The van der Waals surface area contributed by atoms with Crippen LogP contribution in [0.3, 0.4) is 0 Å². The zero-order valence-electron chi connectivity index (χ0n) is 10.8. The quantitative estimate of drug-likeness (QED) is 0.846. The van der Waals surface area contributed by atoms with Gasteiger partial charge in [0, 0.05) is 11.6 Å². The standard InChI is InChI=1S/C13H23N3S/c1-3-13(2,12-15-8-9-17-12)16-10-11-4-6-14-7-5-11/h8-9,11,14,16H,3-7,10H2,1-2H3. The molecule has 3 nitrogen and oxygen atoms in total. The van der Waals surface area contributed by atoms with Crippen LogP contribution in [0.15, 0.2) is 11.6 Å². The van der Waals surface area contributed by atoms with Gasteiger partial charge >= 0.3 is 0 Å². The second-order valence-corrected chi connectivity index (χ2v) is 5.99. The van der Waals surface area contributed by atoms with Crippen LogP contribution in [0.25, 0.3) is 0 Å². The normalized spacial score (nSPS) is 21.3. The molecule has 0 aromatic carbocycles. The van der Waals surface area contributed by atoms with E-state index in [4.69, 9.17) is 0 Å². The van der Waals surface area contributed by atoms with E-state index in [0.717, 1.165) is 18.9 Å². The topological polar surface area (TPSA) is 37.0 Å². The number of piperidine rings is 1. The van der Waals surface area contributed by atoms with Crippen molar-refractivity contribution in [1.82, 2.24) is 15.6 Å². The summed E-state index contributed by atoms with van der Waals surface area (Å²) in [5, 5.41) is 10.4. The highest BCUT2D eigenvalue weighted by molar-refractivity contribution is 7.09. The van der Waals surface area contributed by atoms with Gasteiger partial charge in [-0.05, 0) is 51.7 Å². The molecule has 1 fully saturated rings. The summed E-state index contributed by atoms with van der Waals surface area (Å²) >= 11 is 1.76. The Hall–Kier alpha value is -0.450. The molecule has 0 spiro atoms. The maximum atomic E-state index is 4.47. The molecular formula is C13H23N3S. The van der Waals surface area contributed by atoms with Crippen LogP contribution < -0.4 is 10.6 Å². The number of nitrogens with zero attached hydrogens (tertiary/aromatic N) is 1. The van der Waals surface area contributed by atoms with Crippen LogP contribution in [0, 0.1) is 5.92 Å². The molecule has 96 valence electrons. The van der Waals surface area contributed by atoms with Gasteiger partial charge in [-0.1, -0.05) is 6.92 Å². The summed E-state index contributed by atoms with van der Waals surface area (Å²) < 4.78 is 0. The fraction of sp³-hybridized carbons (Fsp3) is 0.769. The lowest BCUT2D eigenvalue weighted by Gasteiger charge is -2.31. The molecular weight excluding hydrogens is 230 g/mol. The maximum Gasteiger partial charge on any atom is 0.112 e. The van der Waals surface area contributed by atoms with E-state index in [1.54, 1.807) is 11.3 Å². The molecule has 0 bridgehead atoms. The van der Waals surface area contributed by atoms with Gasteiger partial charge in [0.2, 0.25) is 0 Å². The van der Waals surface area contributed by atoms with Crippen molar-refractivity contribution >= 4 is 11.3 Å². The second-order valence-electron chi connectivity index (χ2n) is 5.10. The van der Waals surface area contributed by atoms with Gasteiger partial charge in [-0.25, -0.2) is 4.98 Å². The van der Waals surface area contributed by atoms with Gasteiger partial charge in [0.05, 0.1) is 5.54 Å². The van der Waals surface area contributed by atoms with Crippen molar-refractivity contribution in [3.63, 3.8) is 0 Å². The number of hydrogen-bond donors (Lipinski definition) is 2. The van der Waals surface area contributed by atoms with Crippen molar-refractivity contribution in [2.75, 3.05) is 19.6 Å². The van der Waals surface area contributed by atoms with Crippen LogP contribution in [0.1, 0.15) is 38.1 Å². The highest BCUT2D eigenvalue weighted by Gasteiger charge is 2.27. The third kappa shape index (κ3) is 3.27. The fourth-order valence-electron chi connectivity index (χ4n) is 2.30. The minimum absolute atomic E-state index is 0.0546. The molecule has 0 saturated carbocycles. The minimum Gasteiger partial charge on any atom is -0.317 e. The van der Waals surface area contributed by atoms with Crippen LogP contribution in [-0.2, 0) is 5.54 Å². The smallest absolute Gasteiger partial charge is 0.112 e. The van der Waals surface area contributed by atoms with Crippen LogP contribution in [0.4, 0.5) is 0 Å². The van der Waals surface area contributed by atoms with Crippen molar-refractivity contribution in [2.45, 2.75) is 38.6 Å². The number of thiazole rings is 1. The third-order valence-electron chi connectivity index (χ3n) is 3.85. The lowest BCUT2D eigenvalue weighted by atomic mass is 9.94. The largest absolute Gasteiger partial charge is 0.317 e. The van der Waals surface area contributed by atoms with Crippen LogP contribution in [0.2, 0.25) is 0 Å². The Morgan fingerprint density at radius 2 is 2.29 bits per heavy atom. The van der Waals surface area contributed by atoms with Crippen molar-refractivity contribution < 1.29 is 0 Å². The van der Waals surface area contributed by atoms with Crippen molar-refractivity contribution in [3.05, 3.63) is 16.6 Å². The fourth-order valence-corrected chi connectivity index (χ4v) is 3.15. The van der Waals surface area contributed by atoms with E-state index in [2.05, 4.69) is 34.8 Å². The van der Waals surface area contributed by atoms with Crippen LogP contribution in [0.5, 0.6) is 0 Å². The molecule has 1 unspecified atom stereocenters. The molecule has 4 heteroatoms. The third-order valence-corrected chi connectivity index (χ3v) is 4.89. The second kappa shape index (κ2) is 5.94. The first kappa shape index (κ1) is 13.0. The molecule has 1 atom stereocenters. The zero-order chi connectivity index (χ0) is 12.1. The lowest BCUT2D eigenvalue weighted by Crippen LogP contribution is -2.43. The van der Waals surface area contributed by atoms with E-state index in [9.17, 15) is 0 Å². The number of nitrogens with one attached hydrogen (secondary N) is 2. The number of hydrogen-bond acceptors (Lipinski definition) is 4. The van der Waals surface area contributed by atoms with Crippen LogP contribution >= 0.6 is 11.3 Å². The van der Waals surface area contributed by atoms with Gasteiger partial charge in [0.25, 0.3) is 0 Å². The molecule has 2 N–H and O–H groups in total. The predicted molar refractivity (Wildman–Crippen MR) is 73.4 cm³/mol. The van der Waals surface area contributed by atoms with Gasteiger partial charge in [-0.3, -0.25) is 0 Å².